The first-order valence-electron chi connectivity index (χ1n) is 8.70. The molecule has 0 radical (unpaired) electrons. The first-order chi connectivity index (χ1) is 11.7. The molecule has 2 aliphatic rings. The molecule has 24 heavy (non-hydrogen) atoms. The van der Waals surface area contributed by atoms with Gasteiger partial charge in [-0.3, -0.25) is 4.90 Å². The van der Waals surface area contributed by atoms with Crippen molar-refractivity contribution in [3.8, 4) is 5.75 Å². The average molecular weight is 328 g/mol. The van der Waals surface area contributed by atoms with E-state index < -0.39 is 0 Å². The van der Waals surface area contributed by atoms with Gasteiger partial charge in [0.2, 0.25) is 0 Å². The molecule has 1 aromatic carbocycles. The summed E-state index contributed by atoms with van der Waals surface area (Å²) in [4.78, 5) is 4.63. The Hall–Kier alpha value is -2.15. The third-order valence-electron chi connectivity index (χ3n) is 4.69. The molecule has 1 fully saturated rings. The van der Waals surface area contributed by atoms with Crippen molar-refractivity contribution in [3.63, 3.8) is 0 Å². The van der Waals surface area contributed by atoms with Crippen LogP contribution < -0.4 is 9.64 Å². The summed E-state index contributed by atoms with van der Waals surface area (Å²) in [5.74, 6) is 1.93. The standard InChI is InChI=1S/C17H24N6O/c1-3-22-11-14(24-16-7-5-4-6-15(16)22)10-21(2)12-17-18-19-20-23(17)13-8-9-13/h4-7,13-14H,3,8-12H2,1-2H3. The number of ether oxygens (including phenoxy) is 1. The number of aromatic nitrogens is 4. The second-order valence-electron chi connectivity index (χ2n) is 6.71. The summed E-state index contributed by atoms with van der Waals surface area (Å²) in [7, 11) is 2.10. The Morgan fingerprint density at radius 1 is 1.29 bits per heavy atom. The van der Waals surface area contributed by atoms with E-state index in [1.54, 1.807) is 0 Å². The summed E-state index contributed by atoms with van der Waals surface area (Å²) in [6.07, 6.45) is 2.53. The number of nitrogens with zero attached hydrogens (tertiary/aromatic N) is 6. The highest BCUT2D eigenvalue weighted by Crippen LogP contribution is 2.35. The number of hydrogen-bond donors (Lipinski definition) is 0. The predicted octanol–water partition coefficient (Wildman–Crippen LogP) is 1.73. The zero-order chi connectivity index (χ0) is 16.5. The Kier molecular flexibility index (Phi) is 4.10. The lowest BCUT2D eigenvalue weighted by Crippen LogP contribution is -2.45. The van der Waals surface area contributed by atoms with E-state index in [4.69, 9.17) is 4.74 Å². The van der Waals surface area contributed by atoms with Gasteiger partial charge >= 0.3 is 0 Å². The molecule has 2 heterocycles. The lowest BCUT2D eigenvalue weighted by Gasteiger charge is -2.37. The van der Waals surface area contributed by atoms with Gasteiger partial charge in [-0.2, -0.15) is 0 Å². The number of likely N-dealkylation sites (N-methyl/N-ethyl adjacent to an activating group) is 2. The monoisotopic (exact) mass is 328 g/mol. The van der Waals surface area contributed by atoms with E-state index in [9.17, 15) is 0 Å². The number of para-hydroxylation sites is 2. The Bertz CT molecular complexity index is 698. The molecule has 128 valence electrons. The zero-order valence-electron chi connectivity index (χ0n) is 14.3. The van der Waals surface area contributed by atoms with E-state index in [-0.39, 0.29) is 6.10 Å². The van der Waals surface area contributed by atoms with Crippen LogP contribution in [-0.2, 0) is 6.54 Å². The van der Waals surface area contributed by atoms with Crippen molar-refractivity contribution in [1.82, 2.24) is 25.1 Å². The van der Waals surface area contributed by atoms with Crippen molar-refractivity contribution in [2.45, 2.75) is 38.5 Å². The highest BCUT2D eigenvalue weighted by atomic mass is 16.5. The van der Waals surface area contributed by atoms with Crippen LogP contribution in [0.1, 0.15) is 31.6 Å². The molecule has 0 saturated heterocycles. The van der Waals surface area contributed by atoms with Crippen LogP contribution in [-0.4, -0.2) is 57.9 Å². The molecule has 0 spiro atoms. The molecule has 4 rings (SSSR count). The molecule has 0 N–H and O–H groups in total. The van der Waals surface area contributed by atoms with Crippen LogP contribution in [0, 0.1) is 0 Å². The fourth-order valence-corrected chi connectivity index (χ4v) is 3.35. The summed E-state index contributed by atoms with van der Waals surface area (Å²) < 4.78 is 8.18. The van der Waals surface area contributed by atoms with Crippen molar-refractivity contribution >= 4 is 5.69 Å². The first-order valence-corrected chi connectivity index (χ1v) is 8.70. The van der Waals surface area contributed by atoms with Gasteiger partial charge in [-0.1, -0.05) is 12.1 Å². The number of benzene rings is 1. The third-order valence-corrected chi connectivity index (χ3v) is 4.69. The van der Waals surface area contributed by atoms with Gasteiger partial charge in [0.05, 0.1) is 24.8 Å². The summed E-state index contributed by atoms with van der Waals surface area (Å²) in [5, 5.41) is 12.1. The topological polar surface area (TPSA) is 59.3 Å². The molecule has 1 aromatic heterocycles. The summed E-state index contributed by atoms with van der Waals surface area (Å²) in [6.45, 7) is 5.68. The van der Waals surface area contributed by atoms with Gasteiger partial charge in [-0.15, -0.1) is 5.10 Å². The van der Waals surface area contributed by atoms with Crippen LogP contribution >= 0.6 is 0 Å². The number of fused-ring (bicyclic) bond motifs is 1. The van der Waals surface area contributed by atoms with E-state index in [2.05, 4.69) is 57.5 Å². The molecular formula is C17H24N6O. The van der Waals surface area contributed by atoms with Gasteiger partial charge in [-0.05, 0) is 49.4 Å². The minimum atomic E-state index is 0.148. The average Bonchev–Trinajstić information content (AvgIpc) is 3.33. The van der Waals surface area contributed by atoms with Crippen molar-refractivity contribution < 1.29 is 4.74 Å². The summed E-state index contributed by atoms with van der Waals surface area (Å²) in [6, 6.07) is 8.79. The van der Waals surface area contributed by atoms with Crippen molar-refractivity contribution in [3.05, 3.63) is 30.1 Å². The number of hydrogen-bond acceptors (Lipinski definition) is 6. The molecule has 1 aliphatic heterocycles. The summed E-state index contributed by atoms with van der Waals surface area (Å²) in [5.41, 5.74) is 1.19. The van der Waals surface area contributed by atoms with Gasteiger partial charge in [0.15, 0.2) is 5.82 Å². The SMILES string of the molecule is CCN1CC(CN(C)Cc2nnnn2C2CC2)Oc2ccccc21. The smallest absolute Gasteiger partial charge is 0.165 e. The van der Waals surface area contributed by atoms with Crippen LogP contribution in [0.2, 0.25) is 0 Å². The Morgan fingerprint density at radius 3 is 2.92 bits per heavy atom. The van der Waals surface area contributed by atoms with Crippen LogP contribution in [0.25, 0.3) is 0 Å². The predicted molar refractivity (Wildman–Crippen MR) is 91.2 cm³/mol. The van der Waals surface area contributed by atoms with E-state index in [1.807, 2.05) is 10.7 Å². The van der Waals surface area contributed by atoms with E-state index in [0.717, 1.165) is 37.8 Å². The maximum absolute atomic E-state index is 6.20. The second kappa shape index (κ2) is 6.39. The molecule has 2 aromatic rings. The fraction of sp³-hybridized carbons (Fsp3) is 0.588. The lowest BCUT2D eigenvalue weighted by atomic mass is 10.2. The Morgan fingerprint density at radius 2 is 2.12 bits per heavy atom. The minimum Gasteiger partial charge on any atom is -0.485 e. The van der Waals surface area contributed by atoms with E-state index in [0.29, 0.717) is 6.04 Å². The van der Waals surface area contributed by atoms with Crippen molar-refractivity contribution in [1.29, 1.82) is 0 Å². The van der Waals surface area contributed by atoms with Crippen LogP contribution in [0.5, 0.6) is 5.75 Å². The van der Waals surface area contributed by atoms with Crippen LogP contribution in [0.15, 0.2) is 24.3 Å². The van der Waals surface area contributed by atoms with Gasteiger partial charge in [0, 0.05) is 13.1 Å². The van der Waals surface area contributed by atoms with Gasteiger partial charge in [0.1, 0.15) is 11.9 Å². The molecule has 1 aliphatic carbocycles. The largest absolute Gasteiger partial charge is 0.485 e. The number of rotatable bonds is 6. The zero-order valence-corrected chi connectivity index (χ0v) is 14.3. The van der Waals surface area contributed by atoms with Gasteiger partial charge in [0.25, 0.3) is 0 Å². The van der Waals surface area contributed by atoms with Crippen molar-refractivity contribution in [2.75, 3.05) is 31.6 Å². The Labute approximate surface area is 142 Å². The maximum Gasteiger partial charge on any atom is 0.165 e. The third kappa shape index (κ3) is 3.08. The molecule has 7 nitrogen and oxygen atoms in total. The maximum atomic E-state index is 6.20. The second-order valence-corrected chi connectivity index (χ2v) is 6.71. The molecule has 0 bridgehead atoms. The minimum absolute atomic E-state index is 0.148. The van der Waals surface area contributed by atoms with E-state index >= 15 is 0 Å². The molecule has 1 atom stereocenters. The number of anilines is 1. The lowest BCUT2D eigenvalue weighted by molar-refractivity contribution is 0.137. The molecular weight excluding hydrogens is 304 g/mol. The van der Waals surface area contributed by atoms with Gasteiger partial charge < -0.3 is 9.64 Å². The molecule has 1 saturated carbocycles. The summed E-state index contributed by atoms with van der Waals surface area (Å²) >= 11 is 0. The Balaban J connectivity index is 1.41. The highest BCUT2D eigenvalue weighted by molar-refractivity contribution is 5.60. The first kappa shape index (κ1) is 15.4. The van der Waals surface area contributed by atoms with Gasteiger partial charge in [-0.25, -0.2) is 4.68 Å². The van der Waals surface area contributed by atoms with Crippen molar-refractivity contribution in [2.24, 2.45) is 0 Å². The molecule has 1 unspecified atom stereocenters. The van der Waals surface area contributed by atoms with Crippen LogP contribution in [0.4, 0.5) is 5.69 Å². The van der Waals surface area contributed by atoms with Crippen LogP contribution in [0.3, 0.4) is 0 Å². The quantitative estimate of drug-likeness (QED) is 0.805. The highest BCUT2D eigenvalue weighted by Gasteiger charge is 2.29. The fourth-order valence-electron chi connectivity index (χ4n) is 3.35. The number of tetrazole rings is 1. The normalized spacial score (nSPS) is 20.1. The molecule has 0 amide bonds. The van der Waals surface area contributed by atoms with E-state index in [1.165, 1.54) is 18.5 Å². The molecule has 7 heteroatoms.